The second kappa shape index (κ2) is 8.63. The van der Waals surface area contributed by atoms with Gasteiger partial charge in [-0.2, -0.15) is 0 Å². The number of amides is 2. The predicted octanol–water partition coefficient (Wildman–Crippen LogP) is 2.82. The van der Waals surface area contributed by atoms with E-state index < -0.39 is 0 Å². The number of H-pyrrole nitrogens is 1. The number of nitrogens with one attached hydrogen (secondary N) is 1. The molecule has 3 fully saturated rings. The molecule has 0 radical (unpaired) electrons. The van der Waals surface area contributed by atoms with Gasteiger partial charge >= 0.3 is 0 Å². The normalized spacial score (nSPS) is 23.9. The van der Waals surface area contributed by atoms with Gasteiger partial charge in [0, 0.05) is 56.3 Å². The first-order valence-corrected chi connectivity index (χ1v) is 11.5. The summed E-state index contributed by atoms with van der Waals surface area (Å²) in [4.78, 5) is 32.9. The van der Waals surface area contributed by atoms with Gasteiger partial charge in [-0.05, 0) is 37.7 Å². The quantitative estimate of drug-likeness (QED) is 0.821. The Balaban J connectivity index is 1.19. The SMILES string of the molecule is O=C(CC1CCOC2(CCN(C(=O)c3c[nH]c4ccccc34)CC2)C1)N1CCOCC1. The number of rotatable bonds is 3. The van der Waals surface area contributed by atoms with Gasteiger partial charge in [-0.3, -0.25) is 9.59 Å². The lowest BCUT2D eigenvalue weighted by molar-refractivity contribution is -0.143. The molecule has 166 valence electrons. The fourth-order valence-corrected chi connectivity index (χ4v) is 5.38. The zero-order chi connectivity index (χ0) is 21.3. The number of aromatic nitrogens is 1. The molecule has 1 spiro atoms. The Bertz CT molecular complexity index is 941. The molecule has 3 aliphatic heterocycles. The lowest BCUT2D eigenvalue weighted by atomic mass is 9.78. The summed E-state index contributed by atoms with van der Waals surface area (Å²) in [5.41, 5.74) is 1.54. The molecule has 3 aliphatic rings. The number of ether oxygens (including phenoxy) is 2. The van der Waals surface area contributed by atoms with Crippen molar-refractivity contribution in [2.45, 2.75) is 37.7 Å². The summed E-state index contributed by atoms with van der Waals surface area (Å²) in [6, 6.07) is 7.92. The van der Waals surface area contributed by atoms with Crippen LogP contribution in [0.4, 0.5) is 0 Å². The van der Waals surface area contributed by atoms with Crippen molar-refractivity contribution in [3.05, 3.63) is 36.0 Å². The maximum atomic E-state index is 13.1. The minimum Gasteiger partial charge on any atom is -0.378 e. The number of likely N-dealkylation sites (tertiary alicyclic amines) is 1. The summed E-state index contributed by atoms with van der Waals surface area (Å²) in [5, 5.41) is 0.975. The third-order valence-electron chi connectivity index (χ3n) is 7.20. The van der Waals surface area contributed by atoms with E-state index in [-0.39, 0.29) is 17.4 Å². The maximum Gasteiger partial charge on any atom is 0.256 e. The number of benzene rings is 1. The smallest absolute Gasteiger partial charge is 0.256 e. The van der Waals surface area contributed by atoms with Gasteiger partial charge in [0.25, 0.3) is 5.91 Å². The van der Waals surface area contributed by atoms with Crippen LogP contribution in [0.15, 0.2) is 30.5 Å². The number of hydrogen-bond acceptors (Lipinski definition) is 4. The molecule has 1 atom stereocenters. The first-order valence-electron chi connectivity index (χ1n) is 11.5. The van der Waals surface area contributed by atoms with Crippen molar-refractivity contribution in [2.75, 3.05) is 46.0 Å². The minimum absolute atomic E-state index is 0.0853. The summed E-state index contributed by atoms with van der Waals surface area (Å²) in [6.45, 7) is 4.80. The Labute approximate surface area is 182 Å². The lowest BCUT2D eigenvalue weighted by Gasteiger charge is -2.46. The van der Waals surface area contributed by atoms with Crippen molar-refractivity contribution < 1.29 is 19.1 Å². The van der Waals surface area contributed by atoms with Gasteiger partial charge in [-0.15, -0.1) is 0 Å². The zero-order valence-corrected chi connectivity index (χ0v) is 18.0. The third kappa shape index (κ3) is 4.21. The fourth-order valence-electron chi connectivity index (χ4n) is 5.38. The van der Waals surface area contributed by atoms with E-state index >= 15 is 0 Å². The average Bonchev–Trinajstić information content (AvgIpc) is 3.24. The number of piperidine rings is 1. The van der Waals surface area contributed by atoms with E-state index in [1.54, 1.807) is 0 Å². The Hall–Kier alpha value is -2.38. The zero-order valence-electron chi connectivity index (χ0n) is 18.0. The molecular weight excluding hydrogens is 394 g/mol. The van der Waals surface area contributed by atoms with Crippen LogP contribution in [-0.4, -0.2) is 78.2 Å². The number of para-hydroxylation sites is 1. The molecule has 1 N–H and O–H groups in total. The van der Waals surface area contributed by atoms with Crippen LogP contribution >= 0.6 is 0 Å². The standard InChI is InChI=1S/C24H31N3O4/c28-22(26-10-13-30-14-11-26)15-18-5-12-31-24(16-18)6-8-27(9-7-24)23(29)20-17-25-21-4-2-1-3-19(20)21/h1-4,17-18,25H,5-16H2. The molecule has 5 rings (SSSR count). The molecule has 4 heterocycles. The molecule has 2 amide bonds. The molecule has 1 unspecified atom stereocenters. The summed E-state index contributed by atoms with van der Waals surface area (Å²) in [6.07, 6.45) is 5.95. The second-order valence-electron chi connectivity index (χ2n) is 9.13. The number of nitrogens with zero attached hydrogens (tertiary/aromatic N) is 2. The van der Waals surface area contributed by atoms with E-state index in [2.05, 4.69) is 4.98 Å². The molecule has 0 aliphatic carbocycles. The Morgan fingerprint density at radius 1 is 1.03 bits per heavy atom. The topological polar surface area (TPSA) is 74.9 Å². The minimum atomic E-state index is -0.189. The Morgan fingerprint density at radius 2 is 1.81 bits per heavy atom. The van der Waals surface area contributed by atoms with Crippen molar-refractivity contribution in [1.82, 2.24) is 14.8 Å². The highest BCUT2D eigenvalue weighted by atomic mass is 16.5. The van der Waals surface area contributed by atoms with Crippen molar-refractivity contribution in [1.29, 1.82) is 0 Å². The highest BCUT2D eigenvalue weighted by Gasteiger charge is 2.42. The van der Waals surface area contributed by atoms with Crippen molar-refractivity contribution in [3.8, 4) is 0 Å². The van der Waals surface area contributed by atoms with E-state index in [0.29, 0.717) is 58.3 Å². The number of fused-ring (bicyclic) bond motifs is 1. The van der Waals surface area contributed by atoms with Gasteiger partial charge in [0.1, 0.15) is 0 Å². The molecule has 7 nitrogen and oxygen atoms in total. The van der Waals surface area contributed by atoms with Crippen LogP contribution in [0, 0.1) is 5.92 Å². The fraction of sp³-hybridized carbons (Fsp3) is 0.583. The molecule has 7 heteroatoms. The largest absolute Gasteiger partial charge is 0.378 e. The van der Waals surface area contributed by atoms with Gasteiger partial charge in [0.05, 0.1) is 24.4 Å². The molecule has 0 bridgehead atoms. The van der Waals surface area contributed by atoms with Crippen LogP contribution < -0.4 is 0 Å². The van der Waals surface area contributed by atoms with Gasteiger partial charge in [0.2, 0.25) is 5.91 Å². The van der Waals surface area contributed by atoms with Crippen LogP contribution in [0.3, 0.4) is 0 Å². The van der Waals surface area contributed by atoms with Gasteiger partial charge in [-0.1, -0.05) is 18.2 Å². The summed E-state index contributed by atoms with van der Waals surface area (Å²) in [5.74, 6) is 0.694. The molecular formula is C24H31N3O4. The second-order valence-corrected chi connectivity index (χ2v) is 9.13. The number of morpholine rings is 1. The first kappa shape index (κ1) is 20.5. The van der Waals surface area contributed by atoms with Crippen LogP contribution in [0.1, 0.15) is 42.5 Å². The van der Waals surface area contributed by atoms with Gasteiger partial charge < -0.3 is 24.3 Å². The van der Waals surface area contributed by atoms with E-state index in [4.69, 9.17) is 9.47 Å². The van der Waals surface area contributed by atoms with E-state index in [0.717, 1.165) is 42.1 Å². The van der Waals surface area contributed by atoms with Crippen LogP contribution in [0.25, 0.3) is 10.9 Å². The monoisotopic (exact) mass is 425 g/mol. The number of hydrogen-bond donors (Lipinski definition) is 1. The summed E-state index contributed by atoms with van der Waals surface area (Å²) < 4.78 is 11.6. The number of carbonyl (C=O) groups is 2. The molecule has 1 aromatic heterocycles. The highest BCUT2D eigenvalue weighted by molar-refractivity contribution is 6.06. The molecule has 1 aromatic carbocycles. The van der Waals surface area contributed by atoms with E-state index in [9.17, 15) is 9.59 Å². The van der Waals surface area contributed by atoms with Crippen LogP contribution in [-0.2, 0) is 14.3 Å². The Kier molecular flexibility index (Phi) is 5.71. The average molecular weight is 426 g/mol. The molecule has 0 saturated carbocycles. The lowest BCUT2D eigenvalue weighted by Crippen LogP contribution is -2.51. The van der Waals surface area contributed by atoms with E-state index in [1.807, 2.05) is 40.3 Å². The predicted molar refractivity (Wildman–Crippen MR) is 117 cm³/mol. The number of carbonyl (C=O) groups excluding carboxylic acids is 2. The molecule has 31 heavy (non-hydrogen) atoms. The summed E-state index contributed by atoms with van der Waals surface area (Å²) in [7, 11) is 0. The molecule has 2 aromatic rings. The van der Waals surface area contributed by atoms with Gasteiger partial charge in [0.15, 0.2) is 0 Å². The van der Waals surface area contributed by atoms with Gasteiger partial charge in [-0.25, -0.2) is 0 Å². The van der Waals surface area contributed by atoms with Crippen molar-refractivity contribution >= 4 is 22.7 Å². The molecule has 3 saturated heterocycles. The van der Waals surface area contributed by atoms with Crippen molar-refractivity contribution in [2.24, 2.45) is 5.92 Å². The first-order chi connectivity index (χ1) is 15.1. The summed E-state index contributed by atoms with van der Waals surface area (Å²) >= 11 is 0. The van der Waals surface area contributed by atoms with Crippen molar-refractivity contribution in [3.63, 3.8) is 0 Å². The number of aromatic amines is 1. The Morgan fingerprint density at radius 3 is 2.61 bits per heavy atom. The third-order valence-corrected chi connectivity index (χ3v) is 7.20. The van der Waals surface area contributed by atoms with E-state index in [1.165, 1.54) is 0 Å². The van der Waals surface area contributed by atoms with Crippen LogP contribution in [0.2, 0.25) is 0 Å². The van der Waals surface area contributed by atoms with Crippen LogP contribution in [0.5, 0.6) is 0 Å². The maximum absolute atomic E-state index is 13.1. The highest BCUT2D eigenvalue weighted by Crippen LogP contribution is 2.39.